The maximum Gasteiger partial charge on any atom is 0.164 e. The van der Waals surface area contributed by atoms with Gasteiger partial charge in [0, 0.05) is 53.3 Å². The van der Waals surface area contributed by atoms with Crippen LogP contribution in [0.15, 0.2) is 170 Å². The second-order valence-corrected chi connectivity index (χ2v) is 13.6. The fraction of sp³-hybridized carbons (Fsp3) is 0. The Morgan fingerprint density at radius 2 is 0.860 bits per heavy atom. The molecule has 234 valence electrons. The van der Waals surface area contributed by atoms with E-state index >= 15 is 0 Å². The van der Waals surface area contributed by atoms with Crippen molar-refractivity contribution in [3.05, 3.63) is 170 Å². The average molecular weight is 657 g/mol. The van der Waals surface area contributed by atoms with Crippen molar-refractivity contribution in [1.82, 2.24) is 19.5 Å². The predicted molar refractivity (Wildman–Crippen MR) is 209 cm³/mol. The van der Waals surface area contributed by atoms with E-state index < -0.39 is 0 Å². The van der Waals surface area contributed by atoms with E-state index in [2.05, 4.69) is 156 Å². The Bertz CT molecular complexity index is 2820. The summed E-state index contributed by atoms with van der Waals surface area (Å²) in [6.07, 6.45) is 0. The van der Waals surface area contributed by atoms with E-state index in [1.807, 2.05) is 18.2 Å². The van der Waals surface area contributed by atoms with Crippen molar-refractivity contribution in [2.24, 2.45) is 0 Å². The second kappa shape index (κ2) is 11.6. The molecule has 0 atom stereocenters. The number of rotatable bonds is 5. The van der Waals surface area contributed by atoms with E-state index in [1.54, 1.807) is 11.3 Å². The quantitative estimate of drug-likeness (QED) is 0.185. The van der Waals surface area contributed by atoms with Gasteiger partial charge in [-0.15, -0.1) is 11.3 Å². The van der Waals surface area contributed by atoms with Crippen molar-refractivity contribution in [3.8, 4) is 51.0 Å². The zero-order valence-corrected chi connectivity index (χ0v) is 27.7. The number of nitrogens with zero attached hydrogens (tertiary/aromatic N) is 4. The highest BCUT2D eigenvalue weighted by molar-refractivity contribution is 7.25. The van der Waals surface area contributed by atoms with Crippen LogP contribution in [0.3, 0.4) is 0 Å². The van der Waals surface area contributed by atoms with Gasteiger partial charge in [0.2, 0.25) is 0 Å². The van der Waals surface area contributed by atoms with Crippen molar-refractivity contribution >= 4 is 53.3 Å². The van der Waals surface area contributed by atoms with Crippen LogP contribution in [0.25, 0.3) is 93.0 Å². The van der Waals surface area contributed by atoms with Gasteiger partial charge in [-0.05, 0) is 53.6 Å². The Hall–Kier alpha value is -6.43. The van der Waals surface area contributed by atoms with Crippen LogP contribution in [0.4, 0.5) is 0 Å². The first-order chi connectivity index (χ1) is 24.8. The lowest BCUT2D eigenvalue weighted by atomic mass is 10.0. The highest BCUT2D eigenvalue weighted by Crippen LogP contribution is 2.38. The van der Waals surface area contributed by atoms with E-state index in [9.17, 15) is 0 Å². The molecule has 0 spiro atoms. The summed E-state index contributed by atoms with van der Waals surface area (Å²) < 4.78 is 4.85. The van der Waals surface area contributed by atoms with E-state index in [-0.39, 0.29) is 0 Å². The van der Waals surface area contributed by atoms with Gasteiger partial charge in [0.05, 0.1) is 11.0 Å². The molecular formula is C45H28N4S. The molecule has 0 saturated carbocycles. The van der Waals surface area contributed by atoms with Crippen molar-refractivity contribution in [3.63, 3.8) is 0 Å². The molecule has 0 bridgehead atoms. The van der Waals surface area contributed by atoms with Crippen molar-refractivity contribution in [2.45, 2.75) is 0 Å². The second-order valence-electron chi connectivity index (χ2n) is 12.5. The molecule has 0 radical (unpaired) electrons. The Labute approximate surface area is 292 Å². The third-order valence-electron chi connectivity index (χ3n) is 9.43. The third kappa shape index (κ3) is 4.79. The van der Waals surface area contributed by atoms with E-state index in [0.717, 1.165) is 44.5 Å². The van der Waals surface area contributed by atoms with Crippen LogP contribution in [0.1, 0.15) is 0 Å². The van der Waals surface area contributed by atoms with Gasteiger partial charge in [-0.2, -0.15) is 0 Å². The first-order valence-electron chi connectivity index (χ1n) is 16.7. The summed E-state index contributed by atoms with van der Waals surface area (Å²) in [4.78, 5) is 15.4. The molecule has 0 N–H and O–H groups in total. The van der Waals surface area contributed by atoms with Crippen LogP contribution >= 0.6 is 11.3 Å². The van der Waals surface area contributed by atoms with Gasteiger partial charge in [-0.25, -0.2) is 15.0 Å². The van der Waals surface area contributed by atoms with Crippen LogP contribution < -0.4 is 0 Å². The Kier molecular flexibility index (Phi) is 6.64. The van der Waals surface area contributed by atoms with Gasteiger partial charge in [-0.3, -0.25) is 0 Å². The van der Waals surface area contributed by atoms with E-state index in [4.69, 9.17) is 15.0 Å². The van der Waals surface area contributed by atoms with Crippen LogP contribution in [0.2, 0.25) is 0 Å². The monoisotopic (exact) mass is 656 g/mol. The molecule has 0 fully saturated rings. The van der Waals surface area contributed by atoms with Gasteiger partial charge < -0.3 is 4.57 Å². The zero-order chi connectivity index (χ0) is 33.0. The van der Waals surface area contributed by atoms with Crippen LogP contribution in [-0.4, -0.2) is 19.5 Å². The Morgan fingerprint density at radius 3 is 1.56 bits per heavy atom. The fourth-order valence-corrected chi connectivity index (χ4v) is 8.23. The zero-order valence-electron chi connectivity index (χ0n) is 26.9. The molecule has 10 aromatic rings. The van der Waals surface area contributed by atoms with Crippen molar-refractivity contribution in [2.75, 3.05) is 0 Å². The minimum atomic E-state index is 0.630. The van der Waals surface area contributed by atoms with E-state index in [0.29, 0.717) is 17.5 Å². The molecule has 0 aliphatic rings. The maximum atomic E-state index is 5.22. The number of hydrogen-bond donors (Lipinski definition) is 0. The lowest BCUT2D eigenvalue weighted by Crippen LogP contribution is -2.01. The first-order valence-corrected chi connectivity index (χ1v) is 17.5. The molecule has 0 amide bonds. The van der Waals surface area contributed by atoms with Crippen LogP contribution in [0, 0.1) is 0 Å². The van der Waals surface area contributed by atoms with Gasteiger partial charge in [0.15, 0.2) is 17.5 Å². The molecule has 7 aromatic carbocycles. The standard InChI is InChI=1S/C45H28N4S/c1-3-13-29(14-4-1)32-25-33(27-34(26-32)49-39-20-10-7-17-35(39)36-18-8-11-21-40(36)49)45-47-43(30-15-5-2-6-16-30)46-44(48-45)31-23-24-38-37-19-9-12-22-41(37)50-42(38)28-31/h1-28H. The molecule has 50 heavy (non-hydrogen) atoms. The van der Waals surface area contributed by atoms with Gasteiger partial charge in [0.1, 0.15) is 0 Å². The summed E-state index contributed by atoms with van der Waals surface area (Å²) in [5, 5.41) is 4.97. The molecule has 0 aliphatic heterocycles. The minimum Gasteiger partial charge on any atom is -0.309 e. The summed E-state index contributed by atoms with van der Waals surface area (Å²) in [5.41, 5.74) is 8.42. The molecule has 0 unspecified atom stereocenters. The smallest absolute Gasteiger partial charge is 0.164 e. The van der Waals surface area contributed by atoms with Crippen molar-refractivity contribution in [1.29, 1.82) is 0 Å². The Morgan fingerprint density at radius 1 is 0.340 bits per heavy atom. The number of hydrogen-bond acceptors (Lipinski definition) is 4. The third-order valence-corrected chi connectivity index (χ3v) is 10.6. The molecule has 10 rings (SSSR count). The fourth-order valence-electron chi connectivity index (χ4n) is 7.08. The van der Waals surface area contributed by atoms with Gasteiger partial charge in [-0.1, -0.05) is 127 Å². The molecule has 3 heterocycles. The number of thiophene rings is 1. The molecule has 0 saturated heterocycles. The lowest BCUT2D eigenvalue weighted by molar-refractivity contribution is 1.07. The number of aromatic nitrogens is 4. The topological polar surface area (TPSA) is 43.6 Å². The summed E-state index contributed by atoms with van der Waals surface area (Å²) in [6, 6.07) is 59.8. The molecule has 5 heteroatoms. The largest absolute Gasteiger partial charge is 0.309 e. The normalized spacial score (nSPS) is 11.6. The van der Waals surface area contributed by atoms with Crippen LogP contribution in [0.5, 0.6) is 0 Å². The average Bonchev–Trinajstić information content (AvgIpc) is 3.74. The van der Waals surface area contributed by atoms with Crippen molar-refractivity contribution < 1.29 is 0 Å². The first kappa shape index (κ1) is 28.6. The number of fused-ring (bicyclic) bond motifs is 6. The summed E-state index contributed by atoms with van der Waals surface area (Å²) in [7, 11) is 0. The minimum absolute atomic E-state index is 0.630. The summed E-state index contributed by atoms with van der Waals surface area (Å²) in [6.45, 7) is 0. The SMILES string of the molecule is c1ccc(-c2cc(-c3nc(-c4ccccc4)nc(-c4ccc5c(c4)sc4ccccc45)n3)cc(-n3c4ccccc4c4ccccc43)c2)cc1. The summed E-state index contributed by atoms with van der Waals surface area (Å²) >= 11 is 1.80. The number of benzene rings is 7. The van der Waals surface area contributed by atoms with Gasteiger partial charge >= 0.3 is 0 Å². The predicted octanol–water partition coefficient (Wildman–Crippen LogP) is 12.0. The highest BCUT2D eigenvalue weighted by Gasteiger charge is 2.18. The lowest BCUT2D eigenvalue weighted by Gasteiger charge is -2.14. The summed E-state index contributed by atoms with van der Waals surface area (Å²) in [5.74, 6) is 1.92. The molecule has 0 aliphatic carbocycles. The molecule has 3 aromatic heterocycles. The Balaban J connectivity index is 1.23. The van der Waals surface area contributed by atoms with E-state index in [1.165, 1.54) is 30.9 Å². The molecule has 4 nitrogen and oxygen atoms in total. The van der Waals surface area contributed by atoms with Gasteiger partial charge in [0.25, 0.3) is 0 Å². The number of para-hydroxylation sites is 2. The maximum absolute atomic E-state index is 5.22. The molecular weight excluding hydrogens is 629 g/mol. The van der Waals surface area contributed by atoms with Crippen LogP contribution in [-0.2, 0) is 0 Å². The highest BCUT2D eigenvalue weighted by atomic mass is 32.1.